The first-order valence-corrected chi connectivity index (χ1v) is 19.8. The number of benzene rings is 9. The molecule has 0 N–H and O–H groups in total. The fraction of sp³-hybridized carbons (Fsp3) is 0. The standard InChI is InChI=1S/C52H32N2OS/c1-2-12-39-33(10-1)11-9-15-40(39)34-20-24-36(25-21-34)53(38-28-29-43-42-13-4-7-18-47(42)55-48(43)32-38)37-26-22-35(23-27-37)41-30-31-50-52-51(41)44-14-3-5-16-45(44)54(52)46-17-6-8-19-49(46)56-50/h1-32H. The van der Waals surface area contributed by atoms with Crippen LogP contribution in [0.4, 0.5) is 17.1 Å². The fourth-order valence-electron chi connectivity index (χ4n) is 8.85. The summed E-state index contributed by atoms with van der Waals surface area (Å²) in [6, 6.07) is 70.2. The number of nitrogens with zero attached hydrogens (tertiary/aromatic N) is 2. The molecule has 1 aliphatic heterocycles. The zero-order chi connectivity index (χ0) is 36.7. The van der Waals surface area contributed by atoms with Gasteiger partial charge in [0, 0.05) is 54.5 Å². The molecule has 262 valence electrons. The molecular formula is C52H32N2OS. The summed E-state index contributed by atoms with van der Waals surface area (Å²) < 4.78 is 8.86. The number of furan rings is 1. The van der Waals surface area contributed by atoms with Crippen molar-refractivity contribution in [1.29, 1.82) is 0 Å². The van der Waals surface area contributed by atoms with Crippen molar-refractivity contribution in [2.75, 3.05) is 4.90 Å². The van der Waals surface area contributed by atoms with Crippen LogP contribution >= 0.6 is 11.8 Å². The second kappa shape index (κ2) is 12.3. The summed E-state index contributed by atoms with van der Waals surface area (Å²) in [5.41, 5.74) is 13.6. The molecule has 11 aromatic rings. The Morgan fingerprint density at radius 3 is 1.91 bits per heavy atom. The Labute approximate surface area is 327 Å². The van der Waals surface area contributed by atoms with Gasteiger partial charge in [-0.15, -0.1) is 0 Å². The molecule has 0 fully saturated rings. The average Bonchev–Trinajstić information content (AvgIpc) is 3.81. The molecule has 0 saturated carbocycles. The maximum absolute atomic E-state index is 6.40. The molecule has 4 heteroatoms. The third-order valence-electron chi connectivity index (χ3n) is 11.4. The van der Waals surface area contributed by atoms with Gasteiger partial charge in [-0.2, -0.15) is 0 Å². The summed E-state index contributed by atoms with van der Waals surface area (Å²) in [5.74, 6) is 0. The molecule has 12 rings (SSSR count). The topological polar surface area (TPSA) is 21.3 Å². The van der Waals surface area contributed by atoms with Gasteiger partial charge in [0.05, 0.1) is 16.7 Å². The van der Waals surface area contributed by atoms with Gasteiger partial charge in [0.15, 0.2) is 0 Å². The van der Waals surface area contributed by atoms with E-state index in [2.05, 4.69) is 191 Å². The summed E-state index contributed by atoms with van der Waals surface area (Å²) >= 11 is 1.86. The van der Waals surface area contributed by atoms with Crippen molar-refractivity contribution >= 4 is 83.3 Å². The van der Waals surface area contributed by atoms with Crippen LogP contribution in [-0.4, -0.2) is 4.57 Å². The fourth-order valence-corrected chi connectivity index (χ4v) is 9.92. The van der Waals surface area contributed by atoms with Gasteiger partial charge in [-0.05, 0) is 99.8 Å². The number of hydrogen-bond donors (Lipinski definition) is 0. The summed E-state index contributed by atoms with van der Waals surface area (Å²) in [6.45, 7) is 0. The molecule has 0 amide bonds. The van der Waals surface area contributed by atoms with Gasteiger partial charge in [0.1, 0.15) is 11.2 Å². The van der Waals surface area contributed by atoms with Crippen LogP contribution in [0.2, 0.25) is 0 Å². The first-order valence-electron chi connectivity index (χ1n) is 19.0. The highest BCUT2D eigenvalue weighted by Gasteiger charge is 2.25. The van der Waals surface area contributed by atoms with E-state index in [9.17, 15) is 0 Å². The van der Waals surface area contributed by atoms with Crippen LogP contribution in [0.25, 0.3) is 82.5 Å². The third-order valence-corrected chi connectivity index (χ3v) is 12.5. The Morgan fingerprint density at radius 2 is 1.07 bits per heavy atom. The minimum Gasteiger partial charge on any atom is -0.456 e. The zero-order valence-corrected chi connectivity index (χ0v) is 31.0. The van der Waals surface area contributed by atoms with Crippen molar-refractivity contribution in [3.05, 3.63) is 194 Å². The zero-order valence-electron chi connectivity index (χ0n) is 30.2. The summed E-state index contributed by atoms with van der Waals surface area (Å²) in [7, 11) is 0. The van der Waals surface area contributed by atoms with E-state index < -0.39 is 0 Å². The van der Waals surface area contributed by atoms with Gasteiger partial charge in [0.2, 0.25) is 0 Å². The van der Waals surface area contributed by atoms with Crippen molar-refractivity contribution < 1.29 is 4.42 Å². The molecule has 0 radical (unpaired) electrons. The number of fused-ring (bicyclic) bond motifs is 9. The van der Waals surface area contributed by atoms with Crippen molar-refractivity contribution in [3.63, 3.8) is 0 Å². The molecule has 0 aliphatic carbocycles. The summed E-state index contributed by atoms with van der Waals surface area (Å²) in [4.78, 5) is 4.90. The quantitative estimate of drug-likeness (QED) is 0.176. The molecule has 2 aromatic heterocycles. The molecule has 0 bridgehead atoms. The lowest BCUT2D eigenvalue weighted by atomic mass is 9.97. The van der Waals surface area contributed by atoms with E-state index in [1.807, 2.05) is 23.9 Å². The lowest BCUT2D eigenvalue weighted by molar-refractivity contribution is 0.669. The predicted octanol–water partition coefficient (Wildman–Crippen LogP) is 15.1. The smallest absolute Gasteiger partial charge is 0.137 e. The molecule has 0 saturated heterocycles. The van der Waals surface area contributed by atoms with Crippen LogP contribution in [-0.2, 0) is 0 Å². The molecule has 9 aromatic carbocycles. The maximum Gasteiger partial charge on any atom is 0.137 e. The third kappa shape index (κ3) is 4.73. The van der Waals surface area contributed by atoms with Crippen LogP contribution in [0.15, 0.2) is 208 Å². The van der Waals surface area contributed by atoms with Crippen LogP contribution in [0.1, 0.15) is 0 Å². The maximum atomic E-state index is 6.40. The van der Waals surface area contributed by atoms with Gasteiger partial charge < -0.3 is 13.9 Å². The molecule has 0 unspecified atom stereocenters. The molecule has 56 heavy (non-hydrogen) atoms. The highest BCUT2D eigenvalue weighted by atomic mass is 32.2. The number of rotatable bonds is 5. The summed E-state index contributed by atoms with van der Waals surface area (Å²) in [6.07, 6.45) is 0. The Balaban J connectivity index is 1.00. The molecule has 3 nitrogen and oxygen atoms in total. The Bertz CT molecular complexity index is 3330. The van der Waals surface area contributed by atoms with Gasteiger partial charge in [-0.25, -0.2) is 0 Å². The van der Waals surface area contributed by atoms with E-state index in [0.29, 0.717) is 0 Å². The highest BCUT2D eigenvalue weighted by molar-refractivity contribution is 7.99. The van der Waals surface area contributed by atoms with Crippen molar-refractivity contribution in [2.45, 2.75) is 9.79 Å². The van der Waals surface area contributed by atoms with Crippen LogP contribution < -0.4 is 4.90 Å². The van der Waals surface area contributed by atoms with E-state index in [4.69, 9.17) is 4.42 Å². The van der Waals surface area contributed by atoms with Gasteiger partial charge in [0.25, 0.3) is 0 Å². The number of hydrogen-bond acceptors (Lipinski definition) is 3. The van der Waals surface area contributed by atoms with Gasteiger partial charge in [-0.3, -0.25) is 0 Å². The first kappa shape index (κ1) is 31.4. The van der Waals surface area contributed by atoms with Crippen LogP contribution in [0, 0.1) is 0 Å². The number of aromatic nitrogens is 1. The number of para-hydroxylation sites is 3. The normalized spacial score (nSPS) is 12.2. The molecule has 3 heterocycles. The van der Waals surface area contributed by atoms with E-state index in [-0.39, 0.29) is 0 Å². The van der Waals surface area contributed by atoms with Crippen molar-refractivity contribution in [2.24, 2.45) is 0 Å². The van der Waals surface area contributed by atoms with Crippen molar-refractivity contribution in [3.8, 4) is 27.9 Å². The van der Waals surface area contributed by atoms with Gasteiger partial charge >= 0.3 is 0 Å². The minimum absolute atomic E-state index is 0.873. The lowest BCUT2D eigenvalue weighted by Crippen LogP contribution is -2.09. The van der Waals surface area contributed by atoms with Gasteiger partial charge in [-0.1, -0.05) is 133 Å². The molecule has 0 spiro atoms. The highest BCUT2D eigenvalue weighted by Crippen LogP contribution is 2.49. The van der Waals surface area contributed by atoms with E-state index >= 15 is 0 Å². The monoisotopic (exact) mass is 732 g/mol. The van der Waals surface area contributed by atoms with E-state index in [1.165, 1.54) is 70.3 Å². The largest absolute Gasteiger partial charge is 0.456 e. The predicted molar refractivity (Wildman–Crippen MR) is 235 cm³/mol. The van der Waals surface area contributed by atoms with E-state index in [1.54, 1.807) is 0 Å². The second-order valence-corrected chi connectivity index (χ2v) is 15.6. The lowest BCUT2D eigenvalue weighted by Gasteiger charge is -2.26. The Morgan fingerprint density at radius 1 is 0.429 bits per heavy atom. The minimum atomic E-state index is 0.873. The SMILES string of the molecule is c1ccc2c(c1)Sc1ccc(-c3ccc(N(c4ccc(-c5cccc6ccccc56)cc4)c4ccc5c(c4)oc4ccccc45)cc3)c3c4ccccc4n-2c13. The first-order chi connectivity index (χ1) is 27.8. The van der Waals surface area contributed by atoms with Crippen LogP contribution in [0.5, 0.6) is 0 Å². The average molecular weight is 733 g/mol. The second-order valence-electron chi connectivity index (χ2n) is 14.5. The van der Waals surface area contributed by atoms with Crippen LogP contribution in [0.3, 0.4) is 0 Å². The molecular weight excluding hydrogens is 701 g/mol. The molecule has 1 aliphatic rings. The number of anilines is 3. The molecule has 0 atom stereocenters. The van der Waals surface area contributed by atoms with Crippen molar-refractivity contribution in [1.82, 2.24) is 4.57 Å². The Kier molecular flexibility index (Phi) is 6.86. The summed E-state index contributed by atoms with van der Waals surface area (Å²) in [5, 5.41) is 7.31. The van der Waals surface area contributed by atoms with E-state index in [0.717, 1.165) is 39.0 Å². The Hall–Kier alpha value is -7.01.